The summed E-state index contributed by atoms with van der Waals surface area (Å²) in [6.45, 7) is 3.30. The summed E-state index contributed by atoms with van der Waals surface area (Å²) in [6.07, 6.45) is 0. The van der Waals surface area contributed by atoms with E-state index in [0.29, 0.717) is 24.6 Å². The van der Waals surface area contributed by atoms with Crippen LogP contribution in [0.3, 0.4) is 0 Å². The number of aryl methyl sites for hydroxylation is 1. The number of para-hydroxylation sites is 2. The van der Waals surface area contributed by atoms with Gasteiger partial charge in [-0.3, -0.25) is 9.69 Å². The van der Waals surface area contributed by atoms with Gasteiger partial charge in [-0.25, -0.2) is 9.78 Å². The van der Waals surface area contributed by atoms with Crippen molar-refractivity contribution >= 4 is 28.7 Å². The number of rotatable bonds is 5. The molecular weight excluding hydrogens is 344 g/mol. The number of fused-ring (bicyclic) bond motifs is 1. The molecule has 0 atom stereocenters. The Labute approximate surface area is 156 Å². The fourth-order valence-electron chi connectivity index (χ4n) is 3.09. The largest absolute Gasteiger partial charge is 0.439 e. The Kier molecular flexibility index (Phi) is 4.50. The second-order valence-electron chi connectivity index (χ2n) is 6.54. The van der Waals surface area contributed by atoms with Gasteiger partial charge in [0, 0.05) is 18.8 Å². The minimum Gasteiger partial charge on any atom is -0.439 e. The maximum Gasteiger partial charge on any atom is 0.325 e. The number of amides is 3. The molecule has 1 aliphatic heterocycles. The van der Waals surface area contributed by atoms with E-state index < -0.39 is 0 Å². The molecule has 1 aromatic heterocycles. The quantitative estimate of drug-likeness (QED) is 0.755. The molecule has 0 unspecified atom stereocenters. The van der Waals surface area contributed by atoms with Gasteiger partial charge in [-0.2, -0.15) is 0 Å². The standard InChI is InChI=1S/C20H20N4O3/c1-14-6-8-15(9-7-14)24-11-10-23(20(24)26)13-18(25)21-12-19-22-16-4-2-3-5-17(16)27-19/h2-9H,10-13H2,1H3,(H,21,25). The van der Waals surface area contributed by atoms with Crippen LogP contribution in [0.1, 0.15) is 11.5 Å². The zero-order chi connectivity index (χ0) is 18.8. The lowest BCUT2D eigenvalue weighted by Crippen LogP contribution is -2.39. The van der Waals surface area contributed by atoms with Crippen LogP contribution in [0.25, 0.3) is 11.1 Å². The maximum absolute atomic E-state index is 12.6. The Balaban J connectivity index is 1.33. The van der Waals surface area contributed by atoms with Gasteiger partial charge in [0.25, 0.3) is 0 Å². The van der Waals surface area contributed by atoms with E-state index in [0.717, 1.165) is 16.8 Å². The van der Waals surface area contributed by atoms with Gasteiger partial charge in [0.2, 0.25) is 11.8 Å². The SMILES string of the molecule is Cc1ccc(N2CCN(CC(=O)NCc3nc4ccccc4o3)C2=O)cc1. The highest BCUT2D eigenvalue weighted by atomic mass is 16.3. The molecule has 1 N–H and O–H groups in total. The minimum absolute atomic E-state index is 0.0153. The molecule has 1 saturated heterocycles. The summed E-state index contributed by atoms with van der Waals surface area (Å²) < 4.78 is 5.58. The van der Waals surface area contributed by atoms with Gasteiger partial charge >= 0.3 is 6.03 Å². The molecule has 0 bridgehead atoms. The van der Waals surface area contributed by atoms with Gasteiger partial charge in [0.05, 0.1) is 6.54 Å². The number of nitrogens with zero attached hydrogens (tertiary/aromatic N) is 3. The van der Waals surface area contributed by atoms with Crippen LogP contribution in [0, 0.1) is 6.92 Å². The Hall–Kier alpha value is -3.35. The zero-order valence-corrected chi connectivity index (χ0v) is 15.0. The van der Waals surface area contributed by atoms with Crippen LogP contribution in [0.2, 0.25) is 0 Å². The molecule has 3 amide bonds. The summed E-state index contributed by atoms with van der Waals surface area (Å²) in [4.78, 5) is 32.3. The fraction of sp³-hybridized carbons (Fsp3) is 0.250. The van der Waals surface area contributed by atoms with Crippen molar-refractivity contribution in [3.05, 3.63) is 60.0 Å². The molecule has 0 aliphatic carbocycles. The molecule has 1 fully saturated rings. The maximum atomic E-state index is 12.6. The number of carbonyl (C=O) groups excluding carboxylic acids is 2. The lowest BCUT2D eigenvalue weighted by molar-refractivity contribution is -0.121. The summed E-state index contributed by atoms with van der Waals surface area (Å²) >= 11 is 0. The summed E-state index contributed by atoms with van der Waals surface area (Å²) in [6, 6.07) is 15.1. The first-order chi connectivity index (χ1) is 13.1. The number of oxazole rings is 1. The number of hydrogen-bond donors (Lipinski definition) is 1. The number of hydrogen-bond acceptors (Lipinski definition) is 4. The number of anilines is 1. The van der Waals surface area contributed by atoms with Crippen LogP contribution >= 0.6 is 0 Å². The van der Waals surface area contributed by atoms with Crippen LogP contribution in [0.4, 0.5) is 10.5 Å². The first kappa shape index (κ1) is 17.1. The van der Waals surface area contributed by atoms with Gasteiger partial charge in [-0.15, -0.1) is 0 Å². The second kappa shape index (κ2) is 7.11. The van der Waals surface area contributed by atoms with E-state index in [-0.39, 0.29) is 25.0 Å². The molecule has 0 spiro atoms. The molecule has 27 heavy (non-hydrogen) atoms. The first-order valence-corrected chi connectivity index (χ1v) is 8.84. The van der Waals surface area contributed by atoms with E-state index in [1.807, 2.05) is 55.5 Å². The third-order valence-corrected chi connectivity index (χ3v) is 4.55. The van der Waals surface area contributed by atoms with E-state index in [1.54, 1.807) is 9.80 Å². The number of aromatic nitrogens is 1. The number of nitrogens with one attached hydrogen (secondary N) is 1. The molecule has 1 aliphatic rings. The summed E-state index contributed by atoms with van der Waals surface area (Å²) in [7, 11) is 0. The van der Waals surface area contributed by atoms with Crippen molar-refractivity contribution in [1.29, 1.82) is 0 Å². The lowest BCUT2D eigenvalue weighted by atomic mass is 10.2. The van der Waals surface area contributed by atoms with Gasteiger partial charge in [-0.1, -0.05) is 29.8 Å². The Morgan fingerprint density at radius 2 is 1.93 bits per heavy atom. The highest BCUT2D eigenvalue weighted by Gasteiger charge is 2.30. The van der Waals surface area contributed by atoms with E-state index in [9.17, 15) is 9.59 Å². The molecule has 138 valence electrons. The predicted molar refractivity (Wildman–Crippen MR) is 101 cm³/mol. The Bertz CT molecular complexity index is 947. The molecular formula is C20H20N4O3. The van der Waals surface area contributed by atoms with Crippen molar-refractivity contribution in [1.82, 2.24) is 15.2 Å². The van der Waals surface area contributed by atoms with Crippen molar-refractivity contribution in [2.45, 2.75) is 13.5 Å². The van der Waals surface area contributed by atoms with Crippen molar-refractivity contribution in [2.75, 3.05) is 24.5 Å². The fourth-order valence-corrected chi connectivity index (χ4v) is 3.09. The van der Waals surface area contributed by atoms with Gasteiger partial charge in [-0.05, 0) is 31.2 Å². The van der Waals surface area contributed by atoms with Crippen LogP contribution in [0.5, 0.6) is 0 Å². The molecule has 2 aromatic carbocycles. The molecule has 3 aromatic rings. The number of benzene rings is 2. The van der Waals surface area contributed by atoms with E-state index in [1.165, 1.54) is 0 Å². The average Bonchev–Trinajstić information content (AvgIpc) is 3.24. The van der Waals surface area contributed by atoms with Crippen molar-refractivity contribution in [3.63, 3.8) is 0 Å². The monoisotopic (exact) mass is 364 g/mol. The van der Waals surface area contributed by atoms with Crippen LogP contribution in [-0.4, -0.2) is 41.5 Å². The second-order valence-corrected chi connectivity index (χ2v) is 6.54. The Morgan fingerprint density at radius 1 is 1.15 bits per heavy atom. The van der Waals surface area contributed by atoms with Crippen LogP contribution < -0.4 is 10.2 Å². The Morgan fingerprint density at radius 3 is 2.70 bits per heavy atom. The van der Waals surface area contributed by atoms with Gasteiger partial charge in [0.15, 0.2) is 5.58 Å². The summed E-state index contributed by atoms with van der Waals surface area (Å²) in [5, 5.41) is 2.76. The molecule has 7 nitrogen and oxygen atoms in total. The van der Waals surface area contributed by atoms with E-state index in [4.69, 9.17) is 4.42 Å². The van der Waals surface area contributed by atoms with Gasteiger partial charge in [0.1, 0.15) is 12.1 Å². The molecule has 7 heteroatoms. The number of carbonyl (C=O) groups is 2. The predicted octanol–water partition coefficient (Wildman–Crippen LogP) is 2.69. The van der Waals surface area contributed by atoms with Crippen LogP contribution in [-0.2, 0) is 11.3 Å². The normalized spacial score (nSPS) is 14.2. The smallest absolute Gasteiger partial charge is 0.325 e. The first-order valence-electron chi connectivity index (χ1n) is 8.84. The van der Waals surface area contributed by atoms with Crippen molar-refractivity contribution < 1.29 is 14.0 Å². The zero-order valence-electron chi connectivity index (χ0n) is 15.0. The minimum atomic E-state index is -0.239. The van der Waals surface area contributed by atoms with E-state index >= 15 is 0 Å². The molecule has 0 radical (unpaired) electrons. The van der Waals surface area contributed by atoms with Crippen molar-refractivity contribution in [3.8, 4) is 0 Å². The highest BCUT2D eigenvalue weighted by Crippen LogP contribution is 2.20. The van der Waals surface area contributed by atoms with Crippen LogP contribution in [0.15, 0.2) is 52.9 Å². The van der Waals surface area contributed by atoms with Gasteiger partial charge < -0.3 is 14.6 Å². The highest BCUT2D eigenvalue weighted by molar-refractivity contribution is 5.96. The number of urea groups is 1. The summed E-state index contributed by atoms with van der Waals surface area (Å²) in [5.74, 6) is 0.204. The molecule has 4 rings (SSSR count). The summed E-state index contributed by atoms with van der Waals surface area (Å²) in [5.41, 5.74) is 3.43. The van der Waals surface area contributed by atoms with Crippen molar-refractivity contribution in [2.24, 2.45) is 0 Å². The molecule has 0 saturated carbocycles. The average molecular weight is 364 g/mol. The third kappa shape index (κ3) is 3.62. The topological polar surface area (TPSA) is 78.7 Å². The third-order valence-electron chi connectivity index (χ3n) is 4.55. The lowest BCUT2D eigenvalue weighted by Gasteiger charge is -2.18. The molecule has 2 heterocycles. The van der Waals surface area contributed by atoms with E-state index in [2.05, 4.69) is 10.3 Å².